The second-order valence-corrected chi connectivity index (χ2v) is 5.93. The van der Waals surface area contributed by atoms with Crippen molar-refractivity contribution >= 4 is 11.6 Å². The molecule has 0 saturated carbocycles. The zero-order valence-corrected chi connectivity index (χ0v) is 14.9. The lowest BCUT2D eigenvalue weighted by molar-refractivity contribution is -0.131. The van der Waals surface area contributed by atoms with Gasteiger partial charge in [-0.15, -0.1) is 0 Å². The van der Waals surface area contributed by atoms with Crippen LogP contribution in [0.5, 0.6) is 11.5 Å². The van der Waals surface area contributed by atoms with Crippen molar-refractivity contribution in [2.45, 2.75) is 18.9 Å². The van der Waals surface area contributed by atoms with Crippen LogP contribution in [0.1, 0.15) is 17.5 Å². The zero-order chi connectivity index (χ0) is 18.4. The predicted octanol–water partition coefficient (Wildman–Crippen LogP) is 2.56. The molecule has 0 aliphatic carbocycles. The number of methoxy groups -OCH3 is 2. The first kappa shape index (κ1) is 17.8. The first-order valence-electron chi connectivity index (χ1n) is 8.48. The van der Waals surface area contributed by atoms with E-state index in [0.717, 1.165) is 12.0 Å². The molecular weight excluding hydrogens is 332 g/mol. The Bertz CT molecular complexity index is 790. The van der Waals surface area contributed by atoms with Crippen LogP contribution in [-0.4, -0.2) is 38.5 Å². The van der Waals surface area contributed by atoms with Gasteiger partial charge in [0.25, 0.3) is 5.91 Å². The summed E-state index contributed by atoms with van der Waals surface area (Å²) in [6.45, 7) is 0.564. The van der Waals surface area contributed by atoms with Gasteiger partial charge in [0, 0.05) is 18.5 Å². The van der Waals surface area contributed by atoms with E-state index in [9.17, 15) is 4.79 Å². The maximum absolute atomic E-state index is 12.3. The molecule has 1 N–H and O–H groups in total. The topological polar surface area (TPSA) is 69.2 Å². The molecule has 2 aromatic rings. The second-order valence-electron chi connectivity index (χ2n) is 5.93. The van der Waals surface area contributed by atoms with E-state index in [1.54, 1.807) is 14.2 Å². The van der Waals surface area contributed by atoms with Crippen molar-refractivity contribution in [3.05, 3.63) is 59.7 Å². The Balaban J connectivity index is 1.53. The summed E-state index contributed by atoms with van der Waals surface area (Å²) in [4.78, 5) is 17.6. The number of benzene rings is 2. The van der Waals surface area contributed by atoms with Crippen LogP contribution in [0.25, 0.3) is 0 Å². The van der Waals surface area contributed by atoms with Crippen molar-refractivity contribution in [2.24, 2.45) is 5.16 Å². The monoisotopic (exact) mass is 354 g/mol. The second kappa shape index (κ2) is 8.38. The molecule has 0 saturated heterocycles. The molecule has 0 spiro atoms. The highest BCUT2D eigenvalue weighted by Crippen LogP contribution is 2.29. The molecule has 1 heterocycles. The largest absolute Gasteiger partial charge is 0.493 e. The van der Waals surface area contributed by atoms with E-state index in [2.05, 4.69) is 10.5 Å². The van der Waals surface area contributed by atoms with E-state index in [-0.39, 0.29) is 5.91 Å². The smallest absolute Gasteiger partial charge is 0.264 e. The normalized spacial score (nSPS) is 15.8. The molecule has 3 rings (SSSR count). The highest BCUT2D eigenvalue weighted by atomic mass is 16.6. The molecule has 1 aliphatic rings. The quantitative estimate of drug-likeness (QED) is 0.830. The molecule has 0 fully saturated rings. The van der Waals surface area contributed by atoms with Crippen LogP contribution in [0.15, 0.2) is 53.7 Å². The number of nitrogens with one attached hydrogen (secondary N) is 1. The maximum atomic E-state index is 12.3. The Labute approximate surface area is 152 Å². The Hall–Kier alpha value is -3.02. The lowest BCUT2D eigenvalue weighted by atomic mass is 10.0. The number of carbonyl (C=O) groups is 1. The van der Waals surface area contributed by atoms with Gasteiger partial charge in [-0.2, -0.15) is 0 Å². The van der Waals surface area contributed by atoms with Crippen molar-refractivity contribution in [3.63, 3.8) is 0 Å². The number of hydrogen-bond donors (Lipinski definition) is 1. The van der Waals surface area contributed by atoms with E-state index in [1.807, 2.05) is 48.5 Å². The minimum atomic E-state index is -0.603. The minimum absolute atomic E-state index is 0.153. The van der Waals surface area contributed by atoms with Gasteiger partial charge in [-0.1, -0.05) is 35.5 Å². The van der Waals surface area contributed by atoms with Crippen molar-refractivity contribution in [2.75, 3.05) is 20.8 Å². The number of ether oxygens (including phenoxy) is 2. The van der Waals surface area contributed by atoms with E-state index < -0.39 is 6.10 Å². The van der Waals surface area contributed by atoms with Crippen molar-refractivity contribution in [1.82, 2.24) is 5.32 Å². The van der Waals surface area contributed by atoms with E-state index in [0.29, 0.717) is 30.2 Å². The fraction of sp³-hybridized carbons (Fsp3) is 0.300. The van der Waals surface area contributed by atoms with E-state index in [1.165, 1.54) is 5.56 Å². The first-order chi connectivity index (χ1) is 12.7. The zero-order valence-electron chi connectivity index (χ0n) is 14.9. The van der Waals surface area contributed by atoms with Gasteiger partial charge in [0.2, 0.25) is 6.10 Å². The van der Waals surface area contributed by atoms with Crippen LogP contribution in [0, 0.1) is 0 Å². The predicted molar refractivity (Wildman–Crippen MR) is 98.7 cm³/mol. The highest BCUT2D eigenvalue weighted by molar-refractivity contribution is 6.04. The van der Waals surface area contributed by atoms with Gasteiger partial charge in [0.05, 0.1) is 19.9 Å². The van der Waals surface area contributed by atoms with Crippen molar-refractivity contribution in [3.8, 4) is 11.5 Å². The number of amides is 1. The lowest BCUT2D eigenvalue weighted by Gasteiger charge is -2.10. The molecule has 1 unspecified atom stereocenters. The summed E-state index contributed by atoms with van der Waals surface area (Å²) in [5, 5.41) is 6.97. The van der Waals surface area contributed by atoms with Crippen LogP contribution >= 0.6 is 0 Å². The Morgan fingerprint density at radius 2 is 1.92 bits per heavy atom. The Kier molecular flexibility index (Phi) is 5.73. The number of hydrogen-bond acceptors (Lipinski definition) is 5. The third kappa shape index (κ3) is 4.14. The summed E-state index contributed by atoms with van der Waals surface area (Å²) in [5.74, 6) is 1.11. The van der Waals surface area contributed by atoms with Crippen molar-refractivity contribution in [1.29, 1.82) is 0 Å². The van der Waals surface area contributed by atoms with Crippen molar-refractivity contribution < 1.29 is 19.1 Å². The Morgan fingerprint density at radius 3 is 2.65 bits per heavy atom. The number of carbonyl (C=O) groups excluding carboxylic acids is 1. The van der Waals surface area contributed by atoms with Crippen LogP contribution in [0.2, 0.25) is 0 Å². The van der Waals surface area contributed by atoms with Gasteiger partial charge in [-0.3, -0.25) is 4.79 Å². The van der Waals surface area contributed by atoms with Crippen LogP contribution in [0.3, 0.4) is 0 Å². The fourth-order valence-electron chi connectivity index (χ4n) is 2.79. The van der Waals surface area contributed by atoms with Gasteiger partial charge in [-0.25, -0.2) is 0 Å². The van der Waals surface area contributed by atoms with Crippen LogP contribution in [0.4, 0.5) is 0 Å². The SMILES string of the molecule is COc1ccc(C2=NOC(C(=O)NCCc3ccccc3)C2)cc1OC. The molecule has 1 aliphatic heterocycles. The van der Waals surface area contributed by atoms with Gasteiger partial charge in [0.15, 0.2) is 11.5 Å². The number of rotatable bonds is 7. The molecule has 2 aromatic carbocycles. The molecule has 136 valence electrons. The standard InChI is InChI=1S/C20H22N2O4/c1-24-17-9-8-15(12-18(17)25-2)16-13-19(26-22-16)20(23)21-11-10-14-6-4-3-5-7-14/h3-9,12,19H,10-11,13H2,1-2H3,(H,21,23). The average molecular weight is 354 g/mol. The summed E-state index contributed by atoms with van der Waals surface area (Å²) in [7, 11) is 3.17. The van der Waals surface area contributed by atoms with Gasteiger partial charge in [0.1, 0.15) is 0 Å². The lowest BCUT2D eigenvalue weighted by Crippen LogP contribution is -2.36. The first-order valence-corrected chi connectivity index (χ1v) is 8.48. The molecule has 1 amide bonds. The van der Waals surface area contributed by atoms with Gasteiger partial charge < -0.3 is 19.6 Å². The summed E-state index contributed by atoms with van der Waals surface area (Å²) < 4.78 is 10.5. The van der Waals surface area contributed by atoms with Gasteiger partial charge >= 0.3 is 0 Å². The Morgan fingerprint density at radius 1 is 1.15 bits per heavy atom. The molecule has 26 heavy (non-hydrogen) atoms. The molecule has 6 nitrogen and oxygen atoms in total. The van der Waals surface area contributed by atoms with E-state index in [4.69, 9.17) is 14.3 Å². The highest BCUT2D eigenvalue weighted by Gasteiger charge is 2.29. The summed E-state index contributed by atoms with van der Waals surface area (Å²) in [6, 6.07) is 15.5. The maximum Gasteiger partial charge on any atom is 0.264 e. The molecule has 0 radical (unpaired) electrons. The number of oxime groups is 1. The molecule has 0 bridgehead atoms. The van der Waals surface area contributed by atoms with Crippen LogP contribution in [-0.2, 0) is 16.1 Å². The molecular formula is C20H22N2O4. The molecule has 6 heteroatoms. The summed E-state index contributed by atoms with van der Waals surface area (Å²) >= 11 is 0. The number of nitrogens with zero attached hydrogens (tertiary/aromatic N) is 1. The molecule has 0 aromatic heterocycles. The summed E-state index contributed by atoms with van der Waals surface area (Å²) in [6.07, 6.45) is 0.601. The summed E-state index contributed by atoms with van der Waals surface area (Å²) in [5.41, 5.74) is 2.75. The minimum Gasteiger partial charge on any atom is -0.493 e. The average Bonchev–Trinajstić information content (AvgIpc) is 3.18. The van der Waals surface area contributed by atoms with Gasteiger partial charge in [-0.05, 0) is 30.2 Å². The third-order valence-electron chi connectivity index (χ3n) is 4.23. The van der Waals surface area contributed by atoms with Crippen LogP contribution < -0.4 is 14.8 Å². The third-order valence-corrected chi connectivity index (χ3v) is 4.23. The molecule has 1 atom stereocenters. The fourth-order valence-corrected chi connectivity index (χ4v) is 2.79. The van der Waals surface area contributed by atoms with E-state index >= 15 is 0 Å².